The van der Waals surface area contributed by atoms with Crippen LogP contribution in [0.15, 0.2) is 0 Å². The van der Waals surface area contributed by atoms with Crippen molar-refractivity contribution in [1.82, 2.24) is 0 Å². The van der Waals surface area contributed by atoms with E-state index in [1.807, 2.05) is 0 Å². The topological polar surface area (TPSA) is 52.3 Å². The fourth-order valence-corrected chi connectivity index (χ4v) is 0.499. The van der Waals surface area contributed by atoms with Gasteiger partial charge in [-0.05, 0) is 20.8 Å². The zero-order valence-electron chi connectivity index (χ0n) is 7.61. The number of nitrogens with two attached hydrogens (primary N) is 1. The molecule has 0 spiro atoms. The zero-order chi connectivity index (χ0) is 10.9. The van der Waals surface area contributed by atoms with Crippen LogP contribution >= 0.6 is 0 Å². The second-order valence-electron chi connectivity index (χ2n) is 3.55. The molecule has 0 aliphatic carbocycles. The number of rotatable bonds is 1. The SMILES string of the molecule is CC(C)(C)OC(=O)C(N)C(F)(F)F. The van der Waals surface area contributed by atoms with Crippen LogP contribution in [0.2, 0.25) is 0 Å². The van der Waals surface area contributed by atoms with E-state index in [1.54, 1.807) is 0 Å². The number of halogens is 3. The van der Waals surface area contributed by atoms with Crippen molar-refractivity contribution in [3.05, 3.63) is 0 Å². The fraction of sp³-hybridized carbons (Fsp3) is 0.857. The van der Waals surface area contributed by atoms with Gasteiger partial charge in [-0.25, -0.2) is 4.79 Å². The van der Waals surface area contributed by atoms with Gasteiger partial charge < -0.3 is 10.5 Å². The van der Waals surface area contributed by atoms with Crippen LogP contribution in [-0.4, -0.2) is 23.8 Å². The van der Waals surface area contributed by atoms with Crippen molar-refractivity contribution in [2.45, 2.75) is 38.6 Å². The summed E-state index contributed by atoms with van der Waals surface area (Å²) in [6, 6.07) is -2.56. The van der Waals surface area contributed by atoms with E-state index in [0.29, 0.717) is 0 Å². The Bertz CT molecular complexity index is 195. The van der Waals surface area contributed by atoms with Crippen LogP contribution in [0.25, 0.3) is 0 Å². The lowest BCUT2D eigenvalue weighted by Gasteiger charge is -2.22. The molecule has 13 heavy (non-hydrogen) atoms. The van der Waals surface area contributed by atoms with Gasteiger partial charge in [0, 0.05) is 0 Å². The first-order chi connectivity index (χ1) is 5.54. The molecule has 6 heteroatoms. The first-order valence-electron chi connectivity index (χ1n) is 3.59. The second kappa shape index (κ2) is 3.53. The van der Waals surface area contributed by atoms with Crippen LogP contribution in [0.3, 0.4) is 0 Å². The highest BCUT2D eigenvalue weighted by Crippen LogP contribution is 2.21. The summed E-state index contributed by atoms with van der Waals surface area (Å²) < 4.78 is 40.0. The van der Waals surface area contributed by atoms with Crippen LogP contribution in [0, 0.1) is 0 Å². The van der Waals surface area contributed by atoms with Gasteiger partial charge in [-0.15, -0.1) is 0 Å². The number of alkyl halides is 3. The van der Waals surface area contributed by atoms with Crippen LogP contribution in [0.1, 0.15) is 20.8 Å². The van der Waals surface area contributed by atoms with Crippen LogP contribution in [-0.2, 0) is 9.53 Å². The first-order valence-corrected chi connectivity index (χ1v) is 3.59. The van der Waals surface area contributed by atoms with E-state index in [1.165, 1.54) is 20.8 Å². The van der Waals surface area contributed by atoms with Gasteiger partial charge >= 0.3 is 12.1 Å². The Morgan fingerprint density at radius 1 is 1.31 bits per heavy atom. The smallest absolute Gasteiger partial charge is 0.414 e. The van der Waals surface area contributed by atoms with E-state index in [9.17, 15) is 18.0 Å². The summed E-state index contributed by atoms with van der Waals surface area (Å²) >= 11 is 0. The highest BCUT2D eigenvalue weighted by atomic mass is 19.4. The number of ether oxygens (including phenoxy) is 1. The lowest BCUT2D eigenvalue weighted by Crippen LogP contribution is -2.47. The average molecular weight is 199 g/mol. The van der Waals surface area contributed by atoms with E-state index in [2.05, 4.69) is 10.5 Å². The third-order valence-corrected chi connectivity index (χ3v) is 1.01. The van der Waals surface area contributed by atoms with Crippen LogP contribution < -0.4 is 5.73 Å². The molecule has 3 nitrogen and oxygen atoms in total. The number of esters is 1. The molecule has 0 radical (unpaired) electrons. The maximum atomic E-state index is 11.8. The van der Waals surface area contributed by atoms with Gasteiger partial charge in [0.1, 0.15) is 5.60 Å². The minimum absolute atomic E-state index is 0.958. The summed E-state index contributed by atoms with van der Waals surface area (Å²) in [6.07, 6.45) is -4.75. The molecule has 2 N–H and O–H groups in total. The maximum absolute atomic E-state index is 11.8. The molecule has 0 aromatic carbocycles. The summed E-state index contributed by atoms with van der Waals surface area (Å²) in [5, 5.41) is 0. The number of hydrogen-bond donors (Lipinski definition) is 1. The number of hydrogen-bond acceptors (Lipinski definition) is 3. The largest absolute Gasteiger partial charge is 0.459 e. The average Bonchev–Trinajstić information content (AvgIpc) is 1.79. The lowest BCUT2D eigenvalue weighted by atomic mass is 10.2. The maximum Gasteiger partial charge on any atom is 0.414 e. The normalized spacial score (nSPS) is 15.3. The van der Waals surface area contributed by atoms with Gasteiger partial charge in [0.05, 0.1) is 0 Å². The van der Waals surface area contributed by atoms with Crippen molar-refractivity contribution in [3.8, 4) is 0 Å². The molecule has 0 fully saturated rings. The molecule has 0 aliphatic heterocycles. The standard InChI is InChI=1S/C7H12F3NO2/c1-6(2,3)13-5(12)4(11)7(8,9)10/h4H,11H2,1-3H3. The highest BCUT2D eigenvalue weighted by Gasteiger charge is 2.44. The molecule has 0 heterocycles. The van der Waals surface area contributed by atoms with E-state index < -0.39 is 23.8 Å². The van der Waals surface area contributed by atoms with E-state index in [4.69, 9.17) is 0 Å². The Labute approximate surface area is 74.0 Å². The predicted molar refractivity (Wildman–Crippen MR) is 39.9 cm³/mol. The highest BCUT2D eigenvalue weighted by molar-refractivity contribution is 5.76. The van der Waals surface area contributed by atoms with Crippen LogP contribution in [0.5, 0.6) is 0 Å². The molecule has 0 aromatic rings. The van der Waals surface area contributed by atoms with Gasteiger partial charge in [-0.1, -0.05) is 0 Å². The van der Waals surface area contributed by atoms with Crippen LogP contribution in [0.4, 0.5) is 13.2 Å². The minimum Gasteiger partial charge on any atom is -0.459 e. The molecular weight excluding hydrogens is 187 g/mol. The molecule has 0 saturated heterocycles. The van der Waals surface area contributed by atoms with Crippen molar-refractivity contribution in [1.29, 1.82) is 0 Å². The van der Waals surface area contributed by atoms with Gasteiger partial charge in [-0.3, -0.25) is 0 Å². The number of carbonyl (C=O) groups is 1. The third-order valence-electron chi connectivity index (χ3n) is 1.01. The molecule has 0 aliphatic rings. The monoisotopic (exact) mass is 199 g/mol. The Balaban J connectivity index is 4.30. The fourth-order valence-electron chi connectivity index (χ4n) is 0.499. The summed E-state index contributed by atoms with van der Waals surface area (Å²) in [7, 11) is 0. The van der Waals surface area contributed by atoms with Gasteiger partial charge in [0.15, 0.2) is 6.04 Å². The summed E-state index contributed by atoms with van der Waals surface area (Å²) in [4.78, 5) is 10.7. The second-order valence-corrected chi connectivity index (χ2v) is 3.55. The minimum atomic E-state index is -4.75. The molecule has 0 amide bonds. The Morgan fingerprint density at radius 3 is 1.92 bits per heavy atom. The van der Waals surface area contributed by atoms with Crippen molar-refractivity contribution in [2.24, 2.45) is 5.73 Å². The molecule has 1 atom stereocenters. The van der Waals surface area contributed by atoms with Crippen molar-refractivity contribution in [3.63, 3.8) is 0 Å². The van der Waals surface area contributed by atoms with E-state index in [-0.39, 0.29) is 0 Å². The molecule has 0 aromatic heterocycles. The molecular formula is C7H12F3NO2. The molecule has 0 saturated carbocycles. The Kier molecular flexibility index (Phi) is 3.32. The van der Waals surface area contributed by atoms with Crippen molar-refractivity contribution in [2.75, 3.05) is 0 Å². The molecule has 1 unspecified atom stereocenters. The van der Waals surface area contributed by atoms with Gasteiger partial charge in [0.2, 0.25) is 0 Å². The Morgan fingerprint density at radius 2 is 1.69 bits per heavy atom. The summed E-state index contributed by atoms with van der Waals surface area (Å²) in [5.74, 6) is -1.46. The van der Waals surface area contributed by atoms with E-state index >= 15 is 0 Å². The number of carbonyl (C=O) groups excluding carboxylic acids is 1. The quantitative estimate of drug-likeness (QED) is 0.646. The lowest BCUT2D eigenvalue weighted by molar-refractivity contribution is -0.187. The molecule has 0 rings (SSSR count). The third kappa shape index (κ3) is 4.72. The first kappa shape index (κ1) is 12.2. The van der Waals surface area contributed by atoms with Crippen molar-refractivity contribution < 1.29 is 22.7 Å². The zero-order valence-corrected chi connectivity index (χ0v) is 7.61. The summed E-state index contributed by atoms with van der Waals surface area (Å²) in [6.45, 7) is 4.40. The Hall–Kier alpha value is -0.780. The van der Waals surface area contributed by atoms with Gasteiger partial charge in [-0.2, -0.15) is 13.2 Å². The molecule has 0 bridgehead atoms. The summed E-state index contributed by atoms with van der Waals surface area (Å²) in [5.41, 5.74) is 3.64. The van der Waals surface area contributed by atoms with Gasteiger partial charge in [0.25, 0.3) is 0 Å². The molecule has 78 valence electrons. The van der Waals surface area contributed by atoms with Crippen molar-refractivity contribution >= 4 is 5.97 Å². The predicted octanol–water partition coefficient (Wildman–Crippen LogP) is 1.22. The van der Waals surface area contributed by atoms with E-state index in [0.717, 1.165) is 0 Å².